The number of anilines is 1. The maximum atomic E-state index is 13.4. The summed E-state index contributed by atoms with van der Waals surface area (Å²) in [6.07, 6.45) is 2.05. The zero-order chi connectivity index (χ0) is 24.4. The number of benzene rings is 3. The van der Waals surface area contributed by atoms with Crippen LogP contribution in [0, 0.1) is 6.92 Å². The van der Waals surface area contributed by atoms with Gasteiger partial charge in [-0.25, -0.2) is 0 Å². The zero-order valence-corrected chi connectivity index (χ0v) is 21.2. The highest BCUT2D eigenvalue weighted by Crippen LogP contribution is 2.36. The maximum Gasteiger partial charge on any atom is 0.228 e. The van der Waals surface area contributed by atoms with Gasteiger partial charge < -0.3 is 5.32 Å². The fourth-order valence-corrected chi connectivity index (χ4v) is 4.74. The van der Waals surface area contributed by atoms with Crippen LogP contribution in [0.2, 0.25) is 5.02 Å². The van der Waals surface area contributed by atoms with Gasteiger partial charge in [-0.3, -0.25) is 9.78 Å². The first-order chi connectivity index (χ1) is 16.3. The summed E-state index contributed by atoms with van der Waals surface area (Å²) in [7, 11) is 0. The molecule has 1 amide bonds. The summed E-state index contributed by atoms with van der Waals surface area (Å²) >= 11 is 6.37. The summed E-state index contributed by atoms with van der Waals surface area (Å²) < 4.78 is 0. The lowest BCUT2D eigenvalue weighted by molar-refractivity contribution is -0.115. The first-order valence-electron chi connectivity index (χ1n) is 11.8. The van der Waals surface area contributed by atoms with Crippen LogP contribution in [0.3, 0.4) is 0 Å². The van der Waals surface area contributed by atoms with Crippen molar-refractivity contribution in [3.63, 3.8) is 0 Å². The summed E-state index contributed by atoms with van der Waals surface area (Å²) in [5, 5.41) is 4.86. The number of amides is 1. The van der Waals surface area contributed by atoms with Crippen molar-refractivity contribution in [2.24, 2.45) is 0 Å². The van der Waals surface area contributed by atoms with Crippen molar-refractivity contribution >= 4 is 34.1 Å². The molecule has 1 N–H and O–H groups in total. The molecule has 0 aliphatic rings. The van der Waals surface area contributed by atoms with E-state index in [2.05, 4.69) is 75.3 Å². The second-order valence-electron chi connectivity index (χ2n) is 9.48. The topological polar surface area (TPSA) is 42.0 Å². The number of hydrogen-bond acceptors (Lipinski definition) is 2. The molecule has 34 heavy (non-hydrogen) atoms. The van der Waals surface area contributed by atoms with Crippen molar-refractivity contribution in [2.75, 3.05) is 5.32 Å². The van der Waals surface area contributed by atoms with Gasteiger partial charge in [-0.1, -0.05) is 81.8 Å². The highest BCUT2D eigenvalue weighted by atomic mass is 35.5. The molecule has 174 valence electrons. The van der Waals surface area contributed by atoms with E-state index in [9.17, 15) is 4.79 Å². The Labute approximate surface area is 207 Å². The van der Waals surface area contributed by atoms with Gasteiger partial charge in [0.25, 0.3) is 0 Å². The molecular formula is C30H31ClN2O. The van der Waals surface area contributed by atoms with Crippen LogP contribution in [-0.2, 0) is 11.2 Å². The Hall–Kier alpha value is -3.17. The highest BCUT2D eigenvalue weighted by Gasteiger charge is 2.19. The number of para-hydroxylation sites is 1. The van der Waals surface area contributed by atoms with Gasteiger partial charge in [0.1, 0.15) is 0 Å². The number of carbonyl (C=O) groups excluding carboxylic acids is 1. The molecule has 0 spiro atoms. The number of nitrogens with one attached hydrogen (secondary N) is 1. The second-order valence-corrected chi connectivity index (χ2v) is 9.92. The third-order valence-corrected chi connectivity index (χ3v) is 6.55. The Balaban J connectivity index is 1.79. The molecule has 0 atom stereocenters. The third kappa shape index (κ3) is 4.85. The number of aryl methyl sites for hydroxylation is 1. The van der Waals surface area contributed by atoms with E-state index >= 15 is 0 Å². The van der Waals surface area contributed by atoms with Crippen LogP contribution in [0.15, 0.2) is 66.9 Å². The summed E-state index contributed by atoms with van der Waals surface area (Å²) in [6.45, 7) is 10.7. The molecule has 0 aliphatic carbocycles. The predicted octanol–water partition coefficient (Wildman–Crippen LogP) is 8.29. The number of aromatic nitrogens is 1. The Morgan fingerprint density at radius 1 is 0.941 bits per heavy atom. The Kier molecular flexibility index (Phi) is 7.04. The molecule has 0 saturated carbocycles. The molecule has 1 aromatic heterocycles. The van der Waals surface area contributed by atoms with Gasteiger partial charge in [0.2, 0.25) is 5.91 Å². The van der Waals surface area contributed by atoms with Crippen LogP contribution >= 0.6 is 11.6 Å². The van der Waals surface area contributed by atoms with Crippen LogP contribution in [0.25, 0.3) is 22.0 Å². The van der Waals surface area contributed by atoms with E-state index < -0.39 is 0 Å². The van der Waals surface area contributed by atoms with Crippen molar-refractivity contribution < 1.29 is 4.79 Å². The zero-order valence-electron chi connectivity index (χ0n) is 20.4. The Bertz CT molecular complexity index is 1330. The summed E-state index contributed by atoms with van der Waals surface area (Å²) in [5.41, 5.74) is 8.24. The minimum atomic E-state index is -0.0481. The molecule has 0 radical (unpaired) electrons. The molecule has 4 rings (SSSR count). The number of hydrogen-bond donors (Lipinski definition) is 1. The van der Waals surface area contributed by atoms with Gasteiger partial charge >= 0.3 is 0 Å². The third-order valence-electron chi connectivity index (χ3n) is 6.31. The minimum Gasteiger partial charge on any atom is -0.325 e. The quantitative estimate of drug-likeness (QED) is 0.308. The molecule has 3 nitrogen and oxygen atoms in total. The summed E-state index contributed by atoms with van der Waals surface area (Å²) in [6, 6.07) is 20.2. The smallest absolute Gasteiger partial charge is 0.228 e. The van der Waals surface area contributed by atoms with Gasteiger partial charge in [0, 0.05) is 22.3 Å². The number of pyridine rings is 1. The van der Waals surface area contributed by atoms with Gasteiger partial charge in [-0.15, -0.1) is 0 Å². The van der Waals surface area contributed by atoms with E-state index in [0.717, 1.165) is 50.0 Å². The molecule has 0 fully saturated rings. The molecule has 0 unspecified atom stereocenters. The first kappa shape index (κ1) is 24.0. The van der Waals surface area contributed by atoms with Crippen LogP contribution in [0.5, 0.6) is 0 Å². The van der Waals surface area contributed by atoms with Crippen LogP contribution in [0.1, 0.15) is 61.8 Å². The maximum absolute atomic E-state index is 13.4. The first-order valence-corrected chi connectivity index (χ1v) is 12.2. The van der Waals surface area contributed by atoms with Crippen molar-refractivity contribution in [1.29, 1.82) is 0 Å². The van der Waals surface area contributed by atoms with Crippen molar-refractivity contribution in [3.8, 4) is 11.1 Å². The lowest BCUT2D eigenvalue weighted by Gasteiger charge is -2.21. The van der Waals surface area contributed by atoms with Crippen LogP contribution < -0.4 is 5.32 Å². The molecule has 0 saturated heterocycles. The second kappa shape index (κ2) is 9.99. The summed E-state index contributed by atoms with van der Waals surface area (Å²) in [5.74, 6) is 0.565. The minimum absolute atomic E-state index is 0.0481. The average molecular weight is 471 g/mol. The SMILES string of the molecule is Cc1ccccc1-c1c(CC(=O)Nc2c(C(C)C)cccc2C(C)C)cnc2ccc(Cl)cc12. The molecule has 3 aromatic carbocycles. The van der Waals surface area contributed by atoms with E-state index in [-0.39, 0.29) is 12.3 Å². The number of fused-ring (bicyclic) bond motifs is 1. The molecule has 0 bridgehead atoms. The lowest BCUT2D eigenvalue weighted by atomic mass is 9.91. The van der Waals surface area contributed by atoms with Gasteiger partial charge in [0.15, 0.2) is 0 Å². The molecule has 4 heteroatoms. The fraction of sp³-hybridized carbons (Fsp3) is 0.267. The fourth-order valence-electron chi connectivity index (χ4n) is 4.56. The van der Waals surface area contributed by atoms with Crippen molar-refractivity contribution in [1.82, 2.24) is 4.98 Å². The standard InChI is InChI=1S/C30H31ClN2O/c1-18(2)23-11-8-12-24(19(3)4)30(23)33-28(34)15-21-17-32-27-14-13-22(31)16-26(27)29(21)25-10-7-6-9-20(25)5/h6-14,16-19H,15H2,1-5H3,(H,33,34). The van der Waals surface area contributed by atoms with Gasteiger partial charge in [-0.05, 0) is 70.3 Å². The molecule has 4 aromatic rings. The number of halogens is 1. The van der Waals surface area contributed by atoms with Crippen molar-refractivity contribution in [2.45, 2.75) is 52.9 Å². The largest absolute Gasteiger partial charge is 0.325 e. The van der Waals surface area contributed by atoms with Gasteiger partial charge in [-0.2, -0.15) is 0 Å². The molecule has 1 heterocycles. The van der Waals surface area contributed by atoms with Crippen molar-refractivity contribution in [3.05, 3.63) is 94.1 Å². The Morgan fingerprint density at radius 3 is 2.26 bits per heavy atom. The average Bonchev–Trinajstić information content (AvgIpc) is 2.79. The normalized spacial score (nSPS) is 11.4. The van der Waals surface area contributed by atoms with Gasteiger partial charge in [0.05, 0.1) is 11.9 Å². The highest BCUT2D eigenvalue weighted by molar-refractivity contribution is 6.31. The lowest BCUT2D eigenvalue weighted by Crippen LogP contribution is -2.18. The number of nitrogens with zero attached hydrogens (tertiary/aromatic N) is 1. The molecular weight excluding hydrogens is 440 g/mol. The number of carbonyl (C=O) groups is 1. The number of rotatable bonds is 6. The molecule has 0 aliphatic heterocycles. The van der Waals surface area contributed by atoms with Crippen LogP contribution in [-0.4, -0.2) is 10.9 Å². The summed E-state index contributed by atoms with van der Waals surface area (Å²) in [4.78, 5) is 18.1. The van der Waals surface area contributed by atoms with E-state index in [1.165, 1.54) is 0 Å². The monoisotopic (exact) mass is 470 g/mol. The predicted molar refractivity (Wildman–Crippen MR) is 144 cm³/mol. The van der Waals surface area contributed by atoms with E-state index in [4.69, 9.17) is 11.6 Å². The van der Waals surface area contributed by atoms with E-state index in [0.29, 0.717) is 16.9 Å². The van der Waals surface area contributed by atoms with E-state index in [1.807, 2.05) is 36.5 Å². The Morgan fingerprint density at radius 2 is 1.62 bits per heavy atom. The van der Waals surface area contributed by atoms with Crippen LogP contribution in [0.4, 0.5) is 5.69 Å². The van der Waals surface area contributed by atoms with E-state index in [1.54, 1.807) is 0 Å².